The maximum atomic E-state index is 10.8. The molecule has 0 atom stereocenters. The van der Waals surface area contributed by atoms with E-state index in [9.17, 15) is 4.79 Å². The van der Waals surface area contributed by atoms with Gasteiger partial charge in [0.05, 0.1) is 0 Å². The standard InChI is InChI=1S/C11H7BrN2O2S/c12-7-4-5-9(13-6-7)17-10-3-1-2-8(14-10)11(15)16/h1-6H,(H,15,16). The molecule has 17 heavy (non-hydrogen) atoms. The third kappa shape index (κ3) is 3.28. The van der Waals surface area contributed by atoms with Gasteiger partial charge in [0.2, 0.25) is 0 Å². The van der Waals surface area contributed by atoms with Crippen LogP contribution in [0, 0.1) is 0 Å². The highest BCUT2D eigenvalue weighted by molar-refractivity contribution is 9.10. The van der Waals surface area contributed by atoms with Crippen LogP contribution in [-0.4, -0.2) is 21.0 Å². The van der Waals surface area contributed by atoms with E-state index in [0.29, 0.717) is 5.03 Å². The molecular formula is C11H7BrN2O2S. The number of aromatic nitrogens is 2. The normalized spacial score (nSPS) is 10.2. The van der Waals surface area contributed by atoms with Crippen LogP contribution in [0.1, 0.15) is 10.5 Å². The fraction of sp³-hybridized carbons (Fsp3) is 0. The molecule has 0 saturated heterocycles. The Morgan fingerprint density at radius 1 is 1.24 bits per heavy atom. The molecule has 0 fully saturated rings. The number of carboxylic acids is 1. The van der Waals surface area contributed by atoms with Crippen LogP contribution in [0.4, 0.5) is 0 Å². The number of hydrogen-bond acceptors (Lipinski definition) is 4. The number of nitrogens with zero attached hydrogens (tertiary/aromatic N) is 2. The van der Waals surface area contributed by atoms with Crippen molar-refractivity contribution in [1.29, 1.82) is 0 Å². The highest BCUT2D eigenvalue weighted by Crippen LogP contribution is 2.24. The molecule has 4 nitrogen and oxygen atoms in total. The lowest BCUT2D eigenvalue weighted by Gasteiger charge is -2.01. The minimum atomic E-state index is -1.03. The summed E-state index contributed by atoms with van der Waals surface area (Å²) in [4.78, 5) is 18.9. The van der Waals surface area contributed by atoms with E-state index in [-0.39, 0.29) is 5.69 Å². The second-order valence-electron chi connectivity index (χ2n) is 3.08. The van der Waals surface area contributed by atoms with E-state index < -0.39 is 5.97 Å². The summed E-state index contributed by atoms with van der Waals surface area (Å²) in [5, 5.41) is 10.2. The summed E-state index contributed by atoms with van der Waals surface area (Å²) in [5.74, 6) is -1.03. The first-order valence-electron chi connectivity index (χ1n) is 4.65. The average Bonchev–Trinajstić information content (AvgIpc) is 2.32. The summed E-state index contributed by atoms with van der Waals surface area (Å²) in [5.41, 5.74) is 0.0344. The van der Waals surface area contributed by atoms with Crippen LogP contribution in [0.5, 0.6) is 0 Å². The van der Waals surface area contributed by atoms with Gasteiger partial charge >= 0.3 is 5.97 Å². The lowest BCUT2D eigenvalue weighted by Crippen LogP contribution is -1.99. The molecule has 2 aromatic rings. The summed E-state index contributed by atoms with van der Waals surface area (Å²) in [7, 11) is 0. The molecule has 86 valence electrons. The van der Waals surface area contributed by atoms with Crippen molar-refractivity contribution in [3.63, 3.8) is 0 Å². The van der Waals surface area contributed by atoms with E-state index in [1.54, 1.807) is 18.3 Å². The molecule has 2 aromatic heterocycles. The molecule has 1 N–H and O–H groups in total. The van der Waals surface area contributed by atoms with Crippen LogP contribution in [0.25, 0.3) is 0 Å². The molecule has 0 aromatic carbocycles. The molecule has 0 aliphatic heterocycles. The van der Waals surface area contributed by atoms with Gasteiger partial charge in [0, 0.05) is 10.7 Å². The Morgan fingerprint density at radius 3 is 2.71 bits per heavy atom. The van der Waals surface area contributed by atoms with E-state index in [0.717, 1.165) is 9.50 Å². The first-order chi connectivity index (χ1) is 8.15. The van der Waals surface area contributed by atoms with Gasteiger partial charge in [-0.2, -0.15) is 0 Å². The Labute approximate surface area is 110 Å². The van der Waals surface area contributed by atoms with Gasteiger partial charge in [-0.25, -0.2) is 14.8 Å². The zero-order valence-corrected chi connectivity index (χ0v) is 10.9. The zero-order chi connectivity index (χ0) is 12.3. The van der Waals surface area contributed by atoms with Gasteiger partial charge in [0.25, 0.3) is 0 Å². The summed E-state index contributed by atoms with van der Waals surface area (Å²) in [6.07, 6.45) is 1.68. The molecule has 6 heteroatoms. The first-order valence-corrected chi connectivity index (χ1v) is 6.26. The molecular weight excluding hydrogens is 304 g/mol. The molecule has 0 unspecified atom stereocenters. The summed E-state index contributed by atoms with van der Waals surface area (Å²) >= 11 is 4.62. The van der Waals surface area contributed by atoms with E-state index in [4.69, 9.17) is 5.11 Å². The Hall–Kier alpha value is -1.40. The van der Waals surface area contributed by atoms with Crippen LogP contribution < -0.4 is 0 Å². The van der Waals surface area contributed by atoms with Crippen molar-refractivity contribution < 1.29 is 9.90 Å². The van der Waals surface area contributed by atoms with Crippen molar-refractivity contribution in [1.82, 2.24) is 9.97 Å². The topological polar surface area (TPSA) is 63.1 Å². The third-order valence-corrected chi connectivity index (χ3v) is 3.21. The summed E-state index contributed by atoms with van der Waals surface area (Å²) < 4.78 is 0.897. The van der Waals surface area contributed by atoms with E-state index >= 15 is 0 Å². The third-order valence-electron chi connectivity index (χ3n) is 1.85. The number of carbonyl (C=O) groups is 1. The summed E-state index contributed by atoms with van der Waals surface area (Å²) in [6.45, 7) is 0. The van der Waals surface area contributed by atoms with E-state index in [1.807, 2.05) is 12.1 Å². The second kappa shape index (κ2) is 5.29. The Kier molecular flexibility index (Phi) is 3.75. The maximum absolute atomic E-state index is 10.8. The van der Waals surface area contributed by atoms with Crippen LogP contribution in [0.3, 0.4) is 0 Å². The molecule has 0 bridgehead atoms. The monoisotopic (exact) mass is 310 g/mol. The predicted molar refractivity (Wildman–Crippen MR) is 67.3 cm³/mol. The fourth-order valence-corrected chi connectivity index (χ4v) is 2.10. The minimum absolute atomic E-state index is 0.0344. The van der Waals surface area contributed by atoms with Crippen molar-refractivity contribution in [3.05, 3.63) is 46.7 Å². The van der Waals surface area contributed by atoms with Crippen molar-refractivity contribution in [2.24, 2.45) is 0 Å². The fourth-order valence-electron chi connectivity index (χ4n) is 1.12. The average molecular weight is 311 g/mol. The van der Waals surface area contributed by atoms with Crippen molar-refractivity contribution in [3.8, 4) is 0 Å². The number of aromatic carboxylic acids is 1. The van der Waals surface area contributed by atoms with Crippen LogP contribution in [0.15, 0.2) is 51.1 Å². The summed E-state index contributed by atoms with van der Waals surface area (Å²) in [6, 6.07) is 8.58. The number of halogens is 1. The lowest BCUT2D eigenvalue weighted by atomic mass is 10.4. The van der Waals surface area contributed by atoms with Gasteiger partial charge in [-0.3, -0.25) is 0 Å². The lowest BCUT2D eigenvalue weighted by molar-refractivity contribution is 0.0689. The molecule has 0 aliphatic carbocycles. The Balaban J connectivity index is 2.21. The minimum Gasteiger partial charge on any atom is -0.477 e. The van der Waals surface area contributed by atoms with Gasteiger partial charge < -0.3 is 5.11 Å². The van der Waals surface area contributed by atoms with Gasteiger partial charge in [-0.15, -0.1) is 0 Å². The molecule has 0 aliphatic rings. The van der Waals surface area contributed by atoms with Gasteiger partial charge in [-0.1, -0.05) is 17.8 Å². The molecule has 0 amide bonds. The highest BCUT2D eigenvalue weighted by Gasteiger charge is 2.06. The molecule has 0 spiro atoms. The molecule has 2 heterocycles. The molecule has 0 saturated carbocycles. The predicted octanol–water partition coefficient (Wildman–Crippen LogP) is 3.09. The number of rotatable bonds is 3. The number of hydrogen-bond donors (Lipinski definition) is 1. The van der Waals surface area contributed by atoms with Crippen molar-refractivity contribution >= 4 is 33.7 Å². The number of pyridine rings is 2. The van der Waals surface area contributed by atoms with Crippen LogP contribution in [0.2, 0.25) is 0 Å². The number of carboxylic acid groups (broad SMARTS) is 1. The van der Waals surface area contributed by atoms with Gasteiger partial charge in [-0.05, 0) is 40.2 Å². The smallest absolute Gasteiger partial charge is 0.354 e. The first kappa shape index (κ1) is 12.1. The van der Waals surface area contributed by atoms with Crippen LogP contribution in [-0.2, 0) is 0 Å². The molecule has 2 rings (SSSR count). The maximum Gasteiger partial charge on any atom is 0.354 e. The molecule has 0 radical (unpaired) electrons. The van der Waals surface area contributed by atoms with Crippen LogP contribution >= 0.6 is 27.7 Å². The Bertz CT molecular complexity index is 545. The van der Waals surface area contributed by atoms with Crippen molar-refractivity contribution in [2.75, 3.05) is 0 Å². The second-order valence-corrected chi connectivity index (χ2v) is 5.04. The largest absolute Gasteiger partial charge is 0.477 e. The van der Waals surface area contributed by atoms with Gasteiger partial charge in [0.1, 0.15) is 15.7 Å². The van der Waals surface area contributed by atoms with Gasteiger partial charge in [0.15, 0.2) is 0 Å². The highest BCUT2D eigenvalue weighted by atomic mass is 79.9. The van der Waals surface area contributed by atoms with E-state index in [2.05, 4.69) is 25.9 Å². The van der Waals surface area contributed by atoms with E-state index in [1.165, 1.54) is 17.8 Å². The van der Waals surface area contributed by atoms with Crippen molar-refractivity contribution in [2.45, 2.75) is 10.1 Å². The zero-order valence-electron chi connectivity index (χ0n) is 8.50. The quantitative estimate of drug-likeness (QED) is 0.944. The SMILES string of the molecule is O=C(O)c1cccc(Sc2ccc(Br)cn2)n1. The Morgan fingerprint density at radius 2 is 2.06 bits per heavy atom.